The van der Waals surface area contributed by atoms with Gasteiger partial charge in [0.15, 0.2) is 0 Å². The first-order valence-electron chi connectivity index (χ1n) is 12.7. The predicted molar refractivity (Wildman–Crippen MR) is 138 cm³/mol. The van der Waals surface area contributed by atoms with Crippen molar-refractivity contribution < 1.29 is 0 Å². The highest BCUT2D eigenvalue weighted by Gasteiger charge is 2.41. The number of likely N-dealkylation sites (tertiary alicyclic amines) is 1. The second-order valence-electron chi connectivity index (χ2n) is 9.50. The number of para-hydroxylation sites is 1. The summed E-state index contributed by atoms with van der Waals surface area (Å²) in [6.07, 6.45) is 7.07. The summed E-state index contributed by atoms with van der Waals surface area (Å²) in [4.78, 5) is 9.81. The van der Waals surface area contributed by atoms with Gasteiger partial charge in [0.05, 0.1) is 6.04 Å². The number of rotatable bonds is 3. The molecule has 5 heterocycles. The fourth-order valence-electron chi connectivity index (χ4n) is 5.69. The van der Waals surface area contributed by atoms with Crippen LogP contribution >= 0.6 is 0 Å². The SMILES string of the molecule is C1=C(N2CCC3(CCNC3)C2)c2ccccc2NC1c1ccc(N2CCNCC2)nc1.CC. The number of nitrogens with zero attached hydrogens (tertiary/aromatic N) is 3. The molecule has 176 valence electrons. The summed E-state index contributed by atoms with van der Waals surface area (Å²) in [7, 11) is 0. The Morgan fingerprint density at radius 1 is 0.909 bits per heavy atom. The Morgan fingerprint density at radius 2 is 1.76 bits per heavy atom. The molecular formula is C27H38N6. The van der Waals surface area contributed by atoms with Crippen molar-refractivity contribution in [2.24, 2.45) is 5.41 Å². The molecule has 0 saturated carbocycles. The van der Waals surface area contributed by atoms with Gasteiger partial charge in [-0.1, -0.05) is 38.1 Å². The van der Waals surface area contributed by atoms with Gasteiger partial charge in [0.1, 0.15) is 5.82 Å². The van der Waals surface area contributed by atoms with Gasteiger partial charge in [0.25, 0.3) is 0 Å². The second-order valence-corrected chi connectivity index (χ2v) is 9.50. The quantitative estimate of drug-likeness (QED) is 0.668. The number of hydrogen-bond acceptors (Lipinski definition) is 6. The van der Waals surface area contributed by atoms with E-state index in [1.54, 1.807) is 0 Å². The van der Waals surface area contributed by atoms with E-state index in [0.29, 0.717) is 5.41 Å². The largest absolute Gasteiger partial charge is 0.374 e. The lowest BCUT2D eigenvalue weighted by Crippen LogP contribution is -2.43. The lowest BCUT2D eigenvalue weighted by molar-refractivity contribution is 0.330. The van der Waals surface area contributed by atoms with E-state index < -0.39 is 0 Å². The van der Waals surface area contributed by atoms with Gasteiger partial charge in [0.2, 0.25) is 0 Å². The molecule has 3 saturated heterocycles. The second kappa shape index (κ2) is 9.74. The highest BCUT2D eigenvalue weighted by Crippen LogP contribution is 2.43. The van der Waals surface area contributed by atoms with Crippen molar-refractivity contribution in [3.05, 3.63) is 59.8 Å². The average Bonchev–Trinajstić information content (AvgIpc) is 3.54. The Bertz CT molecular complexity index is 957. The first kappa shape index (κ1) is 22.2. The van der Waals surface area contributed by atoms with E-state index in [9.17, 15) is 0 Å². The Hall–Kier alpha value is -2.57. The van der Waals surface area contributed by atoms with E-state index in [1.807, 2.05) is 13.8 Å². The van der Waals surface area contributed by atoms with E-state index in [1.165, 1.54) is 41.9 Å². The van der Waals surface area contributed by atoms with Crippen molar-refractivity contribution in [2.45, 2.75) is 32.7 Å². The van der Waals surface area contributed by atoms with Gasteiger partial charge in [-0.25, -0.2) is 4.98 Å². The van der Waals surface area contributed by atoms with Gasteiger partial charge < -0.3 is 25.8 Å². The number of hydrogen-bond donors (Lipinski definition) is 3. The fourth-order valence-corrected chi connectivity index (χ4v) is 5.69. The molecule has 3 fully saturated rings. The highest BCUT2D eigenvalue weighted by molar-refractivity contribution is 5.79. The minimum Gasteiger partial charge on any atom is -0.374 e. The third-order valence-electron chi connectivity index (χ3n) is 7.52. The molecule has 0 bridgehead atoms. The molecule has 4 aliphatic heterocycles. The molecule has 2 atom stereocenters. The molecule has 1 spiro atoms. The standard InChI is InChI=1S/C25H32N6.C2H6/c1-2-4-21-20(3-1)23(31-12-8-25(18-31)7-9-27-17-25)15-22(29-21)19-5-6-24(28-16-19)30-13-10-26-11-14-30;1-2/h1-6,15-16,22,26-27,29H,7-14,17-18H2;1-2H3. The van der Waals surface area contributed by atoms with Crippen molar-refractivity contribution in [2.75, 3.05) is 62.6 Å². The highest BCUT2D eigenvalue weighted by atomic mass is 15.2. The monoisotopic (exact) mass is 446 g/mol. The first-order chi connectivity index (χ1) is 16.3. The van der Waals surface area contributed by atoms with Crippen LogP contribution in [0.15, 0.2) is 48.7 Å². The Balaban J connectivity index is 0.00000111. The molecule has 1 aromatic carbocycles. The van der Waals surface area contributed by atoms with Crippen molar-refractivity contribution >= 4 is 17.2 Å². The van der Waals surface area contributed by atoms with Gasteiger partial charge in [-0.15, -0.1) is 0 Å². The molecule has 0 aliphatic carbocycles. The summed E-state index contributed by atoms with van der Waals surface area (Å²) in [5.74, 6) is 1.08. The van der Waals surface area contributed by atoms with Crippen LogP contribution in [0.3, 0.4) is 0 Å². The molecule has 0 radical (unpaired) electrons. The summed E-state index contributed by atoms with van der Waals surface area (Å²) in [5.41, 5.74) is 5.62. The maximum absolute atomic E-state index is 4.82. The van der Waals surface area contributed by atoms with Gasteiger partial charge in [-0.3, -0.25) is 0 Å². The summed E-state index contributed by atoms with van der Waals surface area (Å²) in [6.45, 7) is 12.7. The summed E-state index contributed by atoms with van der Waals surface area (Å²) in [6, 6.07) is 13.3. The van der Waals surface area contributed by atoms with Crippen LogP contribution in [0.2, 0.25) is 0 Å². The number of benzene rings is 1. The molecule has 2 unspecified atom stereocenters. The van der Waals surface area contributed by atoms with Crippen LogP contribution in [-0.4, -0.2) is 62.2 Å². The minimum atomic E-state index is 0.146. The van der Waals surface area contributed by atoms with Crippen LogP contribution in [0, 0.1) is 5.41 Å². The van der Waals surface area contributed by atoms with Crippen molar-refractivity contribution in [3.63, 3.8) is 0 Å². The zero-order chi connectivity index (χ0) is 22.7. The topological polar surface area (TPSA) is 55.5 Å². The first-order valence-corrected chi connectivity index (χ1v) is 12.7. The van der Waals surface area contributed by atoms with Gasteiger partial charge >= 0.3 is 0 Å². The Labute approximate surface area is 198 Å². The zero-order valence-corrected chi connectivity index (χ0v) is 20.1. The van der Waals surface area contributed by atoms with Gasteiger partial charge in [0, 0.05) is 74.4 Å². The average molecular weight is 447 g/mol. The molecule has 6 nitrogen and oxygen atoms in total. The van der Waals surface area contributed by atoms with Crippen LogP contribution in [0.1, 0.15) is 43.9 Å². The van der Waals surface area contributed by atoms with Crippen LogP contribution in [-0.2, 0) is 0 Å². The fraction of sp³-hybridized carbons (Fsp3) is 0.519. The number of piperazine rings is 1. The summed E-state index contributed by atoms with van der Waals surface area (Å²) < 4.78 is 0. The maximum atomic E-state index is 4.82. The smallest absolute Gasteiger partial charge is 0.128 e. The normalized spacial score (nSPS) is 26.4. The molecule has 3 N–H and O–H groups in total. The van der Waals surface area contributed by atoms with E-state index in [-0.39, 0.29) is 6.04 Å². The number of fused-ring (bicyclic) bond motifs is 1. The lowest BCUT2D eigenvalue weighted by Gasteiger charge is -2.33. The van der Waals surface area contributed by atoms with Crippen molar-refractivity contribution in [1.82, 2.24) is 20.5 Å². The van der Waals surface area contributed by atoms with Gasteiger partial charge in [-0.2, -0.15) is 0 Å². The molecular weight excluding hydrogens is 408 g/mol. The predicted octanol–water partition coefficient (Wildman–Crippen LogP) is 3.71. The summed E-state index contributed by atoms with van der Waals surface area (Å²) >= 11 is 0. The molecule has 6 rings (SSSR count). The van der Waals surface area contributed by atoms with Crippen molar-refractivity contribution in [1.29, 1.82) is 0 Å². The third-order valence-corrected chi connectivity index (χ3v) is 7.52. The third kappa shape index (κ3) is 4.46. The summed E-state index contributed by atoms with van der Waals surface area (Å²) in [5, 5.41) is 10.7. The lowest BCUT2D eigenvalue weighted by atomic mass is 9.86. The van der Waals surface area contributed by atoms with Crippen LogP contribution < -0.4 is 20.9 Å². The number of aromatic nitrogens is 1. The molecule has 33 heavy (non-hydrogen) atoms. The van der Waals surface area contributed by atoms with E-state index in [2.05, 4.69) is 74.4 Å². The van der Waals surface area contributed by atoms with E-state index in [0.717, 1.165) is 51.6 Å². The van der Waals surface area contributed by atoms with Gasteiger partial charge in [-0.05, 0) is 43.2 Å². The number of nitrogens with one attached hydrogen (secondary N) is 3. The van der Waals surface area contributed by atoms with E-state index in [4.69, 9.17) is 4.98 Å². The molecule has 1 aromatic heterocycles. The minimum absolute atomic E-state index is 0.146. The van der Waals surface area contributed by atoms with E-state index >= 15 is 0 Å². The zero-order valence-electron chi connectivity index (χ0n) is 20.1. The van der Waals surface area contributed by atoms with Crippen LogP contribution in [0.4, 0.5) is 11.5 Å². The molecule has 4 aliphatic rings. The number of anilines is 2. The van der Waals surface area contributed by atoms with Crippen molar-refractivity contribution in [3.8, 4) is 0 Å². The molecule has 6 heteroatoms. The Kier molecular flexibility index (Phi) is 6.56. The maximum Gasteiger partial charge on any atom is 0.128 e. The van der Waals surface area contributed by atoms with Crippen LogP contribution in [0.25, 0.3) is 5.70 Å². The Morgan fingerprint density at radius 3 is 2.52 bits per heavy atom. The van der Waals surface area contributed by atoms with Crippen LogP contribution in [0.5, 0.6) is 0 Å². The number of pyridine rings is 1. The molecule has 2 aromatic rings. The molecule has 0 amide bonds.